The molecule has 2 fully saturated rings. The maximum atomic E-state index is 13.7. The van der Waals surface area contributed by atoms with Crippen molar-refractivity contribution in [1.82, 2.24) is 0 Å². The van der Waals surface area contributed by atoms with Gasteiger partial charge < -0.3 is 14.8 Å². The van der Waals surface area contributed by atoms with Crippen LogP contribution in [0.2, 0.25) is 6.32 Å². The first kappa shape index (κ1) is 26.5. The Kier molecular flexibility index (Phi) is 7.87. The number of carbonyl (C=O) groups is 2. The Bertz CT molecular complexity index is 1260. The first-order valence-electron chi connectivity index (χ1n) is 13.9. The smallest absolute Gasteiger partial charge is 0.455 e. The van der Waals surface area contributed by atoms with Crippen LogP contribution in [0.5, 0.6) is 5.75 Å². The molecule has 0 bridgehead atoms. The quantitative estimate of drug-likeness (QED) is 0.266. The number of fused-ring (bicyclic) bond motifs is 3. The number of phenolic OH excluding ortho intramolecular Hbond substituents is 1. The minimum Gasteiger partial charge on any atom is -0.508 e. The summed E-state index contributed by atoms with van der Waals surface area (Å²) in [6.45, 7) is 4.25. The van der Waals surface area contributed by atoms with E-state index in [1.54, 1.807) is 24.3 Å². The van der Waals surface area contributed by atoms with E-state index in [0.29, 0.717) is 24.8 Å². The van der Waals surface area contributed by atoms with Crippen molar-refractivity contribution in [2.45, 2.75) is 64.8 Å². The van der Waals surface area contributed by atoms with Gasteiger partial charge in [0.2, 0.25) is 11.8 Å². The fraction of sp³-hybridized carbons (Fsp3) is 0.419. The van der Waals surface area contributed by atoms with Gasteiger partial charge in [-0.3, -0.25) is 14.5 Å². The number of anilines is 1. The molecule has 2 aromatic carbocycles. The molecule has 1 aliphatic carbocycles. The molecule has 6 nitrogen and oxygen atoms in total. The lowest BCUT2D eigenvalue weighted by Gasteiger charge is -2.43. The zero-order chi connectivity index (χ0) is 26.8. The van der Waals surface area contributed by atoms with Crippen molar-refractivity contribution >= 4 is 30.7 Å². The van der Waals surface area contributed by atoms with Crippen molar-refractivity contribution in [3.63, 3.8) is 0 Å². The molecular weight excluding hydrogens is 477 g/mol. The van der Waals surface area contributed by atoms with Crippen LogP contribution in [0.4, 0.5) is 5.69 Å². The molecule has 2 N–H and O–H groups in total. The molecule has 2 saturated heterocycles. The summed E-state index contributed by atoms with van der Waals surface area (Å²) in [6.07, 6.45) is 6.93. The molecule has 2 aromatic rings. The highest BCUT2D eigenvalue weighted by atomic mass is 16.5. The minimum absolute atomic E-state index is 0.131. The van der Waals surface area contributed by atoms with Gasteiger partial charge >= 0.3 is 7.12 Å². The number of aromatic hydroxyl groups is 1. The van der Waals surface area contributed by atoms with Gasteiger partial charge in [-0.05, 0) is 79.7 Å². The molecule has 4 atom stereocenters. The third-order valence-electron chi connectivity index (χ3n) is 8.29. The maximum absolute atomic E-state index is 13.7. The number of hydrogen-bond donors (Lipinski definition) is 2. The molecule has 2 heterocycles. The molecule has 3 aliphatic rings. The Labute approximate surface area is 225 Å². The van der Waals surface area contributed by atoms with E-state index in [9.17, 15) is 19.7 Å². The summed E-state index contributed by atoms with van der Waals surface area (Å²) in [5, 5.41) is 20.6. The van der Waals surface area contributed by atoms with E-state index in [4.69, 9.17) is 4.65 Å². The van der Waals surface area contributed by atoms with Crippen LogP contribution < -0.4 is 4.90 Å². The van der Waals surface area contributed by atoms with Gasteiger partial charge in [0, 0.05) is 0 Å². The lowest BCUT2D eigenvalue weighted by atomic mass is 9.58. The van der Waals surface area contributed by atoms with E-state index in [1.807, 2.05) is 30.3 Å². The Morgan fingerprint density at radius 1 is 1.05 bits per heavy atom. The highest BCUT2D eigenvalue weighted by Crippen LogP contribution is 2.51. The number of para-hydroxylation sites is 1. The van der Waals surface area contributed by atoms with E-state index in [0.717, 1.165) is 36.8 Å². The summed E-state index contributed by atoms with van der Waals surface area (Å²) in [5.74, 6) is -1.11. The topological polar surface area (TPSA) is 87.1 Å². The normalized spacial score (nSPS) is 25.6. The number of imide groups is 1. The van der Waals surface area contributed by atoms with Crippen LogP contribution in [0, 0.1) is 17.8 Å². The van der Waals surface area contributed by atoms with E-state index in [1.165, 1.54) is 16.0 Å². The number of carbonyl (C=O) groups excluding carboxylic acids is 2. The number of hydrogen-bond acceptors (Lipinski definition) is 5. The molecule has 0 unspecified atom stereocenters. The number of phenols is 1. The lowest BCUT2D eigenvalue weighted by Crippen LogP contribution is -2.46. The van der Waals surface area contributed by atoms with Crippen molar-refractivity contribution < 1.29 is 24.4 Å². The molecular formula is C31H36BNO5. The van der Waals surface area contributed by atoms with Gasteiger partial charge in [0.05, 0.1) is 23.6 Å². The van der Waals surface area contributed by atoms with E-state index < -0.39 is 19.0 Å². The molecule has 7 heteroatoms. The van der Waals surface area contributed by atoms with Crippen LogP contribution in [0.3, 0.4) is 0 Å². The van der Waals surface area contributed by atoms with Gasteiger partial charge in [-0.15, -0.1) is 0 Å². The summed E-state index contributed by atoms with van der Waals surface area (Å²) in [6, 6.07) is 16.4. The zero-order valence-electron chi connectivity index (χ0n) is 22.2. The van der Waals surface area contributed by atoms with Gasteiger partial charge in [-0.1, -0.05) is 67.8 Å². The van der Waals surface area contributed by atoms with Crippen LogP contribution in [-0.2, 0) is 14.2 Å². The van der Waals surface area contributed by atoms with Crippen LogP contribution >= 0.6 is 0 Å². The predicted octanol–water partition coefficient (Wildman–Crippen LogP) is 5.77. The van der Waals surface area contributed by atoms with E-state index in [2.05, 4.69) is 19.9 Å². The second-order valence-electron chi connectivity index (χ2n) is 10.7. The van der Waals surface area contributed by atoms with Crippen molar-refractivity contribution in [3.8, 4) is 5.75 Å². The second-order valence-corrected chi connectivity index (χ2v) is 10.7. The summed E-state index contributed by atoms with van der Waals surface area (Å²) >= 11 is 0. The standard InChI is InChI=1S/C31H36BNO5/c1-3-9-20(16-21-10-8-13-24(34)17-21)14-15-27-28-22(4-2)18-25-29(26(28)19-32(37)38-27)31(36)33(30(25)35)23-11-6-5-7-12-23/h5-8,10-13,16-17,25-27,29,34,37H,3-4,9,14-15,18-19H2,1-2H3/b20-16+/t25-,26+,27-,29-/m1/s1. The lowest BCUT2D eigenvalue weighted by molar-refractivity contribution is -0.122. The summed E-state index contributed by atoms with van der Waals surface area (Å²) in [5.41, 5.74) is 5.15. The van der Waals surface area contributed by atoms with Crippen LogP contribution in [0.15, 0.2) is 71.3 Å². The zero-order valence-corrected chi connectivity index (χ0v) is 22.2. The van der Waals surface area contributed by atoms with Gasteiger partial charge in [-0.25, -0.2) is 0 Å². The summed E-state index contributed by atoms with van der Waals surface area (Å²) < 4.78 is 6.13. The summed E-state index contributed by atoms with van der Waals surface area (Å²) in [7, 11) is -0.969. The first-order chi connectivity index (χ1) is 18.4. The van der Waals surface area contributed by atoms with Crippen molar-refractivity contribution in [3.05, 3.63) is 76.9 Å². The molecule has 38 heavy (non-hydrogen) atoms. The largest absolute Gasteiger partial charge is 0.508 e. The first-order valence-corrected chi connectivity index (χ1v) is 13.9. The van der Waals surface area contributed by atoms with Gasteiger partial charge in [0.1, 0.15) is 5.75 Å². The van der Waals surface area contributed by atoms with Gasteiger partial charge in [0.15, 0.2) is 0 Å². The van der Waals surface area contributed by atoms with Gasteiger partial charge in [0.25, 0.3) is 0 Å². The van der Waals surface area contributed by atoms with Crippen molar-refractivity contribution in [1.29, 1.82) is 0 Å². The van der Waals surface area contributed by atoms with Crippen molar-refractivity contribution in [2.75, 3.05) is 4.90 Å². The third-order valence-corrected chi connectivity index (χ3v) is 8.29. The highest BCUT2D eigenvalue weighted by Gasteiger charge is 2.57. The molecule has 0 spiro atoms. The molecule has 5 rings (SSSR count). The van der Waals surface area contributed by atoms with Crippen LogP contribution in [0.1, 0.15) is 57.9 Å². The van der Waals surface area contributed by atoms with Crippen molar-refractivity contribution in [2.24, 2.45) is 17.8 Å². The van der Waals surface area contributed by atoms with E-state index >= 15 is 0 Å². The Balaban J connectivity index is 1.42. The van der Waals surface area contributed by atoms with Gasteiger partial charge in [-0.2, -0.15) is 0 Å². The Hall–Kier alpha value is -3.16. The molecule has 0 saturated carbocycles. The highest BCUT2D eigenvalue weighted by molar-refractivity contribution is 6.43. The minimum atomic E-state index is -0.969. The number of rotatable bonds is 8. The number of allylic oxidation sites excluding steroid dienone is 2. The average Bonchev–Trinajstić information content (AvgIpc) is 3.16. The maximum Gasteiger partial charge on any atom is 0.455 e. The van der Waals surface area contributed by atoms with Crippen LogP contribution in [-0.4, -0.2) is 35.2 Å². The number of amides is 2. The average molecular weight is 513 g/mol. The predicted molar refractivity (Wildman–Crippen MR) is 149 cm³/mol. The second kappa shape index (κ2) is 11.3. The fourth-order valence-electron chi connectivity index (χ4n) is 6.69. The molecule has 2 amide bonds. The Morgan fingerprint density at radius 3 is 2.55 bits per heavy atom. The third kappa shape index (κ3) is 5.10. The van der Waals surface area contributed by atoms with E-state index in [-0.39, 0.29) is 29.6 Å². The molecule has 198 valence electrons. The molecule has 0 radical (unpaired) electrons. The summed E-state index contributed by atoms with van der Waals surface area (Å²) in [4.78, 5) is 28.6. The monoisotopic (exact) mass is 513 g/mol. The Morgan fingerprint density at radius 2 is 1.84 bits per heavy atom. The molecule has 0 aromatic heterocycles. The van der Waals surface area contributed by atoms with Crippen LogP contribution in [0.25, 0.3) is 6.08 Å². The molecule has 2 aliphatic heterocycles. The number of benzene rings is 2. The SMILES string of the molecule is CCC/C(=C\c1cccc(O)c1)CC[C@H]1OB(O)C[C@H]2C1=C(CC)C[C@H]1C(=O)N(c3ccccc3)C(=O)[C@H]12. The fourth-order valence-corrected chi connectivity index (χ4v) is 6.69. The number of nitrogens with zero attached hydrogens (tertiary/aromatic N) is 1.